The van der Waals surface area contributed by atoms with E-state index in [2.05, 4.69) is 122 Å². The molecule has 3 aliphatic heterocycles. The molecular formula is C45H34BNO3. The minimum Gasteiger partial charge on any atom is -0.458 e. The molecule has 0 N–H and O–H groups in total. The Morgan fingerprint density at radius 2 is 1.42 bits per heavy atom. The zero-order valence-corrected chi connectivity index (χ0v) is 28.1. The number of allylic oxidation sites excluding steroid dienone is 2. The summed E-state index contributed by atoms with van der Waals surface area (Å²) in [5.74, 6) is 3.48. The number of benzene rings is 6. The van der Waals surface area contributed by atoms with Gasteiger partial charge in [-0.2, -0.15) is 0 Å². The fourth-order valence-corrected chi connectivity index (χ4v) is 9.31. The maximum absolute atomic E-state index is 6.80. The molecule has 6 aromatic carbocycles. The molecule has 5 heteroatoms. The normalized spacial score (nSPS) is 16.6. The van der Waals surface area contributed by atoms with E-state index in [0.717, 1.165) is 91.0 Å². The highest BCUT2D eigenvalue weighted by atomic mass is 16.5. The van der Waals surface area contributed by atoms with E-state index >= 15 is 0 Å². The number of ether oxygens (including phenoxy) is 2. The van der Waals surface area contributed by atoms with Crippen LogP contribution >= 0.6 is 0 Å². The Balaban J connectivity index is 1.08. The minimum absolute atomic E-state index is 0.0130. The van der Waals surface area contributed by atoms with Crippen molar-refractivity contribution in [1.82, 2.24) is 0 Å². The molecular weight excluding hydrogens is 613 g/mol. The van der Waals surface area contributed by atoms with E-state index in [4.69, 9.17) is 13.9 Å². The maximum atomic E-state index is 6.80. The van der Waals surface area contributed by atoms with E-state index in [0.29, 0.717) is 0 Å². The largest absolute Gasteiger partial charge is 0.458 e. The van der Waals surface area contributed by atoms with Crippen LogP contribution in [0.2, 0.25) is 0 Å². The molecule has 0 bridgehead atoms. The van der Waals surface area contributed by atoms with Gasteiger partial charge in [0.1, 0.15) is 34.2 Å². The van der Waals surface area contributed by atoms with Crippen molar-refractivity contribution in [3.8, 4) is 34.1 Å². The molecule has 0 saturated carbocycles. The highest BCUT2D eigenvalue weighted by Gasteiger charge is 2.42. The number of anilines is 2. The number of rotatable bonds is 2. The molecule has 1 aromatic heterocycles. The van der Waals surface area contributed by atoms with Crippen molar-refractivity contribution in [2.24, 2.45) is 0 Å². The Labute approximate surface area is 291 Å². The summed E-state index contributed by atoms with van der Waals surface area (Å²) in [7, 11) is 0. The first-order chi connectivity index (χ1) is 24.5. The highest BCUT2D eigenvalue weighted by Crippen LogP contribution is 2.52. The molecule has 0 saturated heterocycles. The van der Waals surface area contributed by atoms with E-state index in [1.807, 2.05) is 18.2 Å². The van der Waals surface area contributed by atoms with E-state index in [9.17, 15) is 0 Å². The van der Waals surface area contributed by atoms with Gasteiger partial charge in [-0.1, -0.05) is 92.7 Å². The second kappa shape index (κ2) is 10.2. The van der Waals surface area contributed by atoms with Crippen LogP contribution in [0.25, 0.3) is 33.1 Å². The lowest BCUT2D eigenvalue weighted by Crippen LogP contribution is -2.57. The fraction of sp³-hybridized carbons (Fsp3) is 0.156. The zero-order chi connectivity index (χ0) is 33.1. The van der Waals surface area contributed by atoms with E-state index in [1.54, 1.807) is 5.57 Å². The van der Waals surface area contributed by atoms with Gasteiger partial charge >= 0.3 is 0 Å². The lowest BCUT2D eigenvalue weighted by atomic mass is 9.34. The van der Waals surface area contributed by atoms with Gasteiger partial charge in [-0.15, -0.1) is 0 Å². The second-order valence-corrected chi connectivity index (χ2v) is 14.7. The van der Waals surface area contributed by atoms with Crippen molar-refractivity contribution in [2.45, 2.75) is 44.9 Å². The molecule has 0 unspecified atom stereocenters. The SMILES string of the molecule is CC1(C)C2=C(CCCC2)N(c2ccc3c(c2)Oc2cccc4c2B3c2cc(-c3cccc5c3oc3ccccc35)ccc2O4)c2ccccc21. The topological polar surface area (TPSA) is 34.8 Å². The minimum atomic E-state index is -0.0328. The molecule has 4 aliphatic rings. The lowest BCUT2D eigenvalue weighted by Gasteiger charge is -2.46. The molecule has 11 rings (SSSR count). The average molecular weight is 648 g/mol. The van der Waals surface area contributed by atoms with Gasteiger partial charge < -0.3 is 18.8 Å². The van der Waals surface area contributed by atoms with Gasteiger partial charge in [-0.05, 0) is 89.7 Å². The van der Waals surface area contributed by atoms with Crippen LogP contribution in [0.3, 0.4) is 0 Å². The summed E-state index contributed by atoms with van der Waals surface area (Å²) < 4.78 is 19.9. The Bertz CT molecular complexity index is 2610. The van der Waals surface area contributed by atoms with Crippen LogP contribution in [-0.2, 0) is 5.41 Å². The van der Waals surface area contributed by atoms with Crippen LogP contribution in [-0.4, -0.2) is 6.71 Å². The van der Waals surface area contributed by atoms with Gasteiger partial charge in [0.2, 0.25) is 0 Å². The fourth-order valence-electron chi connectivity index (χ4n) is 9.31. The molecule has 0 spiro atoms. The van der Waals surface area contributed by atoms with Crippen LogP contribution in [0.1, 0.15) is 45.1 Å². The van der Waals surface area contributed by atoms with E-state index in [-0.39, 0.29) is 12.1 Å². The molecule has 0 atom stereocenters. The molecule has 50 heavy (non-hydrogen) atoms. The molecule has 1 aliphatic carbocycles. The van der Waals surface area contributed by atoms with Crippen molar-refractivity contribution in [1.29, 1.82) is 0 Å². The van der Waals surface area contributed by atoms with Gasteiger partial charge in [0, 0.05) is 50.4 Å². The van der Waals surface area contributed by atoms with Crippen LogP contribution in [0.5, 0.6) is 23.0 Å². The summed E-state index contributed by atoms with van der Waals surface area (Å²) in [6, 6.07) is 43.3. The van der Waals surface area contributed by atoms with Crippen LogP contribution < -0.4 is 30.8 Å². The molecule has 240 valence electrons. The van der Waals surface area contributed by atoms with Crippen molar-refractivity contribution in [3.63, 3.8) is 0 Å². The second-order valence-electron chi connectivity index (χ2n) is 14.7. The Morgan fingerprint density at radius 3 is 2.34 bits per heavy atom. The van der Waals surface area contributed by atoms with E-state index in [1.165, 1.54) is 29.8 Å². The van der Waals surface area contributed by atoms with Gasteiger partial charge in [-0.3, -0.25) is 0 Å². The third kappa shape index (κ3) is 3.83. The smallest absolute Gasteiger partial charge is 0.260 e. The standard InChI is InChI=1S/C45H34BNO3/c1-45(2)32-14-4-6-16-36(32)47(37-17-7-5-15-33(37)45)28-22-23-34-42(26-28)49-41-20-10-19-40-43(41)46(34)35-25-27(21-24-39(35)48-40)29-12-9-13-31-30-11-3-8-18-38(30)50-44(29)31/h3-4,6,8-14,16,18-26H,5,7,15,17H2,1-2H3. The number of furan rings is 1. The Morgan fingerprint density at radius 1 is 0.640 bits per heavy atom. The maximum Gasteiger partial charge on any atom is 0.260 e. The zero-order valence-electron chi connectivity index (χ0n) is 28.1. The predicted molar refractivity (Wildman–Crippen MR) is 204 cm³/mol. The predicted octanol–water partition coefficient (Wildman–Crippen LogP) is 10.2. The van der Waals surface area contributed by atoms with Crippen molar-refractivity contribution < 1.29 is 13.9 Å². The van der Waals surface area contributed by atoms with Gasteiger partial charge in [0.05, 0.1) is 0 Å². The van der Waals surface area contributed by atoms with E-state index < -0.39 is 0 Å². The van der Waals surface area contributed by atoms with Gasteiger partial charge in [0.15, 0.2) is 0 Å². The third-order valence-electron chi connectivity index (χ3n) is 11.6. The van der Waals surface area contributed by atoms with Crippen molar-refractivity contribution >= 4 is 56.4 Å². The first-order valence-corrected chi connectivity index (χ1v) is 17.8. The number of hydrogen-bond acceptors (Lipinski definition) is 4. The monoisotopic (exact) mass is 647 g/mol. The van der Waals surface area contributed by atoms with Gasteiger partial charge in [0.25, 0.3) is 6.71 Å². The summed E-state index contributed by atoms with van der Waals surface area (Å²) in [4.78, 5) is 2.52. The van der Waals surface area contributed by atoms with Crippen LogP contribution in [0.15, 0.2) is 137 Å². The third-order valence-corrected chi connectivity index (χ3v) is 11.6. The highest BCUT2D eigenvalue weighted by molar-refractivity contribution is 6.98. The summed E-state index contributed by atoms with van der Waals surface area (Å²) in [6.45, 7) is 4.77. The van der Waals surface area contributed by atoms with Crippen molar-refractivity contribution in [3.05, 3.63) is 138 Å². The lowest BCUT2D eigenvalue weighted by molar-refractivity contribution is 0.464. The van der Waals surface area contributed by atoms with Crippen LogP contribution in [0.4, 0.5) is 11.4 Å². The first-order valence-electron chi connectivity index (χ1n) is 17.8. The molecule has 7 aromatic rings. The number of nitrogens with zero attached hydrogens (tertiary/aromatic N) is 1. The molecule has 4 nitrogen and oxygen atoms in total. The first kappa shape index (κ1) is 28.2. The molecule has 4 heterocycles. The number of hydrogen-bond donors (Lipinski definition) is 0. The number of para-hydroxylation sites is 3. The number of fused-ring (bicyclic) bond motifs is 8. The van der Waals surface area contributed by atoms with Crippen molar-refractivity contribution in [2.75, 3.05) is 4.90 Å². The molecule has 0 radical (unpaired) electrons. The average Bonchev–Trinajstić information content (AvgIpc) is 3.54. The summed E-state index contributed by atoms with van der Waals surface area (Å²) in [6.07, 6.45) is 4.70. The Hall–Kier alpha value is -5.68. The van der Waals surface area contributed by atoms with Gasteiger partial charge in [-0.25, -0.2) is 0 Å². The molecule has 0 amide bonds. The summed E-state index contributed by atoms with van der Waals surface area (Å²) in [5, 5.41) is 2.26. The Kier molecular flexibility index (Phi) is 5.74. The quantitative estimate of drug-likeness (QED) is 0.175. The summed E-state index contributed by atoms with van der Waals surface area (Å²) >= 11 is 0. The van der Waals surface area contributed by atoms with Crippen LogP contribution in [0, 0.1) is 0 Å². The summed E-state index contributed by atoms with van der Waals surface area (Å²) in [5.41, 5.74) is 14.2. The molecule has 0 fully saturated rings.